The first-order chi connectivity index (χ1) is 15.5. The molecule has 10 heteroatoms. The van der Waals surface area contributed by atoms with Crippen LogP contribution in [0.5, 0.6) is 0 Å². The van der Waals surface area contributed by atoms with Crippen molar-refractivity contribution in [2.75, 3.05) is 6.54 Å². The first-order valence-electron chi connectivity index (χ1n) is 9.90. The molecule has 162 valence electrons. The Hall–Kier alpha value is -4.34. The monoisotopic (exact) mass is 433 g/mol. The second-order valence-corrected chi connectivity index (χ2v) is 7.26. The molecule has 2 aromatic heterocycles. The first-order valence-corrected chi connectivity index (χ1v) is 9.90. The number of aromatic nitrogens is 3. The lowest BCUT2D eigenvalue weighted by Crippen LogP contribution is -2.36. The number of pyridine rings is 1. The fourth-order valence-electron chi connectivity index (χ4n) is 3.80. The minimum Gasteiger partial charge on any atom is -0.872 e. The Labute approximate surface area is 182 Å². The normalized spacial score (nSPS) is 17.6. The molecule has 0 spiro atoms. The molecule has 0 saturated carbocycles. The Bertz CT molecular complexity index is 1190. The van der Waals surface area contributed by atoms with E-state index < -0.39 is 28.4 Å². The average molecular weight is 433 g/mol. The van der Waals surface area contributed by atoms with Crippen LogP contribution >= 0.6 is 0 Å². The molecular weight excluding hydrogens is 414 g/mol. The number of nitrogens with one attached hydrogen (secondary N) is 1. The van der Waals surface area contributed by atoms with E-state index in [1.54, 1.807) is 18.6 Å². The van der Waals surface area contributed by atoms with Crippen LogP contribution in [0.2, 0.25) is 0 Å². The number of nitro groups is 1. The largest absolute Gasteiger partial charge is 0.872 e. The second kappa shape index (κ2) is 8.80. The topological polar surface area (TPSA) is 136 Å². The summed E-state index contributed by atoms with van der Waals surface area (Å²) in [5.74, 6) is -2.28. The third-order valence-corrected chi connectivity index (χ3v) is 5.29. The minimum atomic E-state index is -1.01. The molecule has 4 rings (SSSR count). The van der Waals surface area contributed by atoms with Gasteiger partial charge in [-0.2, -0.15) is 0 Å². The van der Waals surface area contributed by atoms with Crippen molar-refractivity contribution in [2.24, 2.45) is 0 Å². The number of non-ortho nitro benzene ring substituents is 1. The number of nitro benzene ring substituents is 1. The third kappa shape index (κ3) is 3.97. The van der Waals surface area contributed by atoms with E-state index in [9.17, 15) is 24.8 Å². The lowest BCUT2D eigenvalue weighted by Gasteiger charge is -2.27. The number of aromatic amines is 1. The molecule has 1 aliphatic rings. The van der Waals surface area contributed by atoms with Gasteiger partial charge in [-0.15, -0.1) is 0 Å². The second-order valence-electron chi connectivity index (χ2n) is 7.26. The predicted molar refractivity (Wildman–Crippen MR) is 109 cm³/mol. The molecule has 1 amide bonds. The number of carbonyl (C=O) groups is 2. The lowest BCUT2D eigenvalue weighted by molar-refractivity contribution is -0.695. The van der Waals surface area contributed by atoms with Crippen LogP contribution in [0.3, 0.4) is 0 Å². The molecule has 1 fully saturated rings. The number of H-pyrrole nitrogens is 1. The number of hydrogen-bond acceptors (Lipinski definition) is 6. The number of amides is 1. The summed E-state index contributed by atoms with van der Waals surface area (Å²) in [5.41, 5.74) is 0.158. The van der Waals surface area contributed by atoms with E-state index in [4.69, 9.17) is 0 Å². The zero-order valence-corrected chi connectivity index (χ0v) is 16.9. The van der Waals surface area contributed by atoms with Crippen molar-refractivity contribution in [1.29, 1.82) is 0 Å². The molecule has 3 aromatic rings. The highest BCUT2D eigenvalue weighted by molar-refractivity contribution is 6.46. The fourth-order valence-corrected chi connectivity index (χ4v) is 3.80. The highest BCUT2D eigenvalue weighted by Gasteiger charge is 2.44. The van der Waals surface area contributed by atoms with Gasteiger partial charge in [-0.3, -0.25) is 29.7 Å². The molecule has 0 radical (unpaired) electrons. The summed E-state index contributed by atoms with van der Waals surface area (Å²) < 4.78 is 1.89. The zero-order valence-electron chi connectivity index (χ0n) is 16.9. The highest BCUT2D eigenvalue weighted by Crippen LogP contribution is 2.39. The maximum absolute atomic E-state index is 13.2. The summed E-state index contributed by atoms with van der Waals surface area (Å²) in [6.07, 6.45) is 8.71. The number of aryl methyl sites for hydroxylation is 1. The molecule has 10 nitrogen and oxygen atoms in total. The summed E-state index contributed by atoms with van der Waals surface area (Å²) in [5, 5.41) is 24.5. The number of imidazole rings is 1. The number of likely N-dealkylation sites (tertiary alicyclic amines) is 1. The van der Waals surface area contributed by atoms with Crippen LogP contribution in [0.4, 0.5) is 5.69 Å². The van der Waals surface area contributed by atoms with Gasteiger partial charge in [0.15, 0.2) is 0 Å². The van der Waals surface area contributed by atoms with Crippen LogP contribution in [0.25, 0.3) is 5.76 Å². The van der Waals surface area contributed by atoms with E-state index in [0.717, 1.165) is 0 Å². The van der Waals surface area contributed by atoms with Crippen molar-refractivity contribution in [2.45, 2.75) is 19.0 Å². The van der Waals surface area contributed by atoms with Gasteiger partial charge in [-0.05, 0) is 23.3 Å². The van der Waals surface area contributed by atoms with Gasteiger partial charge in [0.1, 0.15) is 12.4 Å². The zero-order chi connectivity index (χ0) is 22.7. The number of benzene rings is 1. The van der Waals surface area contributed by atoms with E-state index in [1.807, 2.05) is 10.8 Å². The van der Waals surface area contributed by atoms with Gasteiger partial charge in [0, 0.05) is 43.1 Å². The van der Waals surface area contributed by atoms with Crippen LogP contribution < -0.4 is 9.67 Å². The van der Waals surface area contributed by atoms with Gasteiger partial charge in [0.2, 0.25) is 12.1 Å². The standard InChI is InChI=1S/C22H19N5O5/c28-20(15-5-7-23-8-6-15)18-19(16-3-1-4-17(13-16)27(31)32)26(22(30)21(18)29)11-2-10-25-12-9-24-14-25/h1,3-9,12-14,19H,2,10-11H2,(H,28,29). The molecule has 0 aliphatic carbocycles. The van der Waals surface area contributed by atoms with Gasteiger partial charge in [-0.25, -0.2) is 4.57 Å². The highest BCUT2D eigenvalue weighted by atomic mass is 16.6. The number of nitrogens with zero attached hydrogens (tertiary/aromatic N) is 4. The number of rotatable bonds is 7. The van der Waals surface area contributed by atoms with Gasteiger partial charge < -0.3 is 10.0 Å². The SMILES string of the molecule is O=C1C(=O)N(CCC[n+]2cc[nH]c2)C(c2cccc([N+](=O)[O-])c2)C1=C([O-])c1ccncc1. The van der Waals surface area contributed by atoms with Gasteiger partial charge >= 0.3 is 0 Å². The van der Waals surface area contributed by atoms with Crippen LogP contribution in [-0.4, -0.2) is 38.0 Å². The van der Waals surface area contributed by atoms with Crippen LogP contribution in [-0.2, 0) is 16.1 Å². The summed E-state index contributed by atoms with van der Waals surface area (Å²) in [6.45, 7) is 0.778. The molecule has 1 unspecified atom stereocenters. The minimum absolute atomic E-state index is 0.187. The van der Waals surface area contributed by atoms with E-state index in [2.05, 4.69) is 9.97 Å². The molecule has 1 aliphatic heterocycles. The Morgan fingerprint density at radius 2 is 2.00 bits per heavy atom. The van der Waals surface area contributed by atoms with Crippen LogP contribution in [0.1, 0.15) is 23.6 Å². The smallest absolute Gasteiger partial charge is 0.295 e. The van der Waals surface area contributed by atoms with Crippen molar-refractivity contribution in [1.82, 2.24) is 14.9 Å². The third-order valence-electron chi connectivity index (χ3n) is 5.29. The van der Waals surface area contributed by atoms with Crippen LogP contribution in [0, 0.1) is 10.1 Å². The molecular formula is C22H19N5O5. The quantitative estimate of drug-likeness (QED) is 0.147. The van der Waals surface area contributed by atoms with Gasteiger partial charge in [0.05, 0.1) is 17.5 Å². The van der Waals surface area contributed by atoms with Crippen molar-refractivity contribution in [3.05, 3.63) is 94.3 Å². The lowest BCUT2D eigenvalue weighted by atomic mass is 9.95. The summed E-state index contributed by atoms with van der Waals surface area (Å²) >= 11 is 0. The fraction of sp³-hybridized carbons (Fsp3) is 0.182. The van der Waals surface area contributed by atoms with E-state index in [1.165, 1.54) is 47.6 Å². The molecule has 3 heterocycles. The van der Waals surface area contributed by atoms with Crippen molar-refractivity contribution in [3.8, 4) is 0 Å². The predicted octanol–water partition coefficient (Wildman–Crippen LogP) is 0.920. The Balaban J connectivity index is 1.76. The Kier molecular flexibility index (Phi) is 5.75. The van der Waals surface area contributed by atoms with Crippen LogP contribution in [0.15, 0.2) is 73.1 Å². The maximum atomic E-state index is 13.2. The number of hydrogen-bond donors (Lipinski definition) is 1. The van der Waals surface area contributed by atoms with E-state index in [0.29, 0.717) is 18.5 Å². The van der Waals surface area contributed by atoms with E-state index >= 15 is 0 Å². The van der Waals surface area contributed by atoms with Crippen molar-refractivity contribution >= 4 is 23.1 Å². The van der Waals surface area contributed by atoms with E-state index in [-0.39, 0.29) is 23.4 Å². The Morgan fingerprint density at radius 1 is 1.22 bits per heavy atom. The summed E-state index contributed by atoms with van der Waals surface area (Å²) in [7, 11) is 0. The molecule has 1 aromatic carbocycles. The van der Waals surface area contributed by atoms with Crippen molar-refractivity contribution in [3.63, 3.8) is 0 Å². The van der Waals surface area contributed by atoms with Gasteiger partial charge in [-0.1, -0.05) is 17.9 Å². The number of Topliss-reactive ketones (excluding diaryl/α,β-unsaturated/α-hetero) is 1. The molecule has 1 N–H and O–H groups in total. The van der Waals surface area contributed by atoms with Gasteiger partial charge in [0.25, 0.3) is 11.6 Å². The summed E-state index contributed by atoms with van der Waals surface area (Å²) in [6, 6.07) is 7.59. The molecule has 0 bridgehead atoms. The molecule has 1 saturated heterocycles. The average Bonchev–Trinajstić information content (AvgIpc) is 3.41. The summed E-state index contributed by atoms with van der Waals surface area (Å²) in [4.78, 5) is 44.7. The molecule has 32 heavy (non-hydrogen) atoms. The molecule has 1 atom stereocenters. The number of carbonyl (C=O) groups excluding carboxylic acids is 2. The Morgan fingerprint density at radius 3 is 2.69 bits per heavy atom. The number of ketones is 1. The maximum Gasteiger partial charge on any atom is 0.295 e. The van der Waals surface area contributed by atoms with Crippen molar-refractivity contribution < 1.29 is 24.2 Å². The first kappa shape index (κ1) is 20.9.